The minimum absolute atomic E-state index is 0.254. The summed E-state index contributed by atoms with van der Waals surface area (Å²) in [6, 6.07) is 20.1. The van der Waals surface area contributed by atoms with Crippen LogP contribution in [0.4, 0.5) is 0 Å². The first-order valence-electron chi connectivity index (χ1n) is 6.52. The Balaban J connectivity index is 1.82. The van der Waals surface area contributed by atoms with Crippen molar-refractivity contribution >= 4 is 5.78 Å². The number of likely N-dealkylation sites (N-methyl/N-ethyl adjacent to an activating group) is 1. The number of hydrogen-bond acceptors (Lipinski definition) is 2. The van der Waals surface area contributed by atoms with Gasteiger partial charge in [-0.15, -0.1) is 0 Å². The minimum Gasteiger partial charge on any atom is -0.298 e. The van der Waals surface area contributed by atoms with E-state index in [4.69, 9.17) is 0 Å². The zero-order valence-electron chi connectivity index (χ0n) is 11.3. The highest BCUT2D eigenvalue weighted by Gasteiger charge is 2.07. The van der Waals surface area contributed by atoms with E-state index in [1.54, 1.807) is 0 Å². The van der Waals surface area contributed by atoms with Crippen molar-refractivity contribution < 1.29 is 4.79 Å². The summed E-state index contributed by atoms with van der Waals surface area (Å²) >= 11 is 0. The fraction of sp³-hybridized carbons (Fsp3) is 0.235. The molecule has 0 aliphatic rings. The summed E-state index contributed by atoms with van der Waals surface area (Å²) in [4.78, 5) is 14.0. The molecule has 2 aromatic carbocycles. The van der Waals surface area contributed by atoms with E-state index in [0.717, 1.165) is 12.1 Å². The maximum atomic E-state index is 12.0. The molecule has 0 aromatic heterocycles. The third-order valence-electron chi connectivity index (χ3n) is 2.99. The quantitative estimate of drug-likeness (QED) is 0.789. The maximum absolute atomic E-state index is 12.0. The van der Waals surface area contributed by atoms with Gasteiger partial charge in [-0.25, -0.2) is 0 Å². The van der Waals surface area contributed by atoms with Crippen molar-refractivity contribution in [1.82, 2.24) is 4.90 Å². The van der Waals surface area contributed by atoms with Crippen LogP contribution >= 0.6 is 0 Å². The fourth-order valence-electron chi connectivity index (χ4n) is 2.13. The highest BCUT2D eigenvalue weighted by molar-refractivity contribution is 5.82. The van der Waals surface area contributed by atoms with Crippen LogP contribution in [-0.4, -0.2) is 24.3 Å². The van der Waals surface area contributed by atoms with Gasteiger partial charge in [-0.05, 0) is 18.2 Å². The lowest BCUT2D eigenvalue weighted by molar-refractivity contribution is -0.119. The number of ketones is 1. The summed E-state index contributed by atoms with van der Waals surface area (Å²) in [6.07, 6.45) is 0.514. The Morgan fingerprint density at radius 2 is 1.42 bits per heavy atom. The van der Waals surface area contributed by atoms with Crippen LogP contribution in [0.1, 0.15) is 11.1 Å². The molecule has 0 spiro atoms. The van der Waals surface area contributed by atoms with E-state index in [1.165, 1.54) is 5.56 Å². The molecule has 0 saturated carbocycles. The van der Waals surface area contributed by atoms with Gasteiger partial charge in [0.2, 0.25) is 0 Å². The molecule has 98 valence electrons. The second kappa shape index (κ2) is 6.86. The molecule has 2 rings (SSSR count). The summed E-state index contributed by atoms with van der Waals surface area (Å²) in [5, 5.41) is 0. The van der Waals surface area contributed by atoms with Crippen molar-refractivity contribution in [2.75, 3.05) is 13.6 Å². The summed E-state index contributed by atoms with van der Waals surface area (Å²) in [7, 11) is 1.98. The number of benzene rings is 2. The van der Waals surface area contributed by atoms with Gasteiger partial charge in [0.15, 0.2) is 5.78 Å². The van der Waals surface area contributed by atoms with Crippen molar-refractivity contribution in [2.24, 2.45) is 0 Å². The van der Waals surface area contributed by atoms with E-state index in [1.807, 2.05) is 55.6 Å². The van der Waals surface area contributed by atoms with Crippen LogP contribution in [0.2, 0.25) is 0 Å². The average molecular weight is 253 g/mol. The molecular formula is C17H19NO. The molecule has 0 amide bonds. The Bertz CT molecular complexity index is 507. The van der Waals surface area contributed by atoms with E-state index in [0.29, 0.717) is 13.0 Å². The van der Waals surface area contributed by atoms with Crippen molar-refractivity contribution in [2.45, 2.75) is 13.0 Å². The summed E-state index contributed by atoms with van der Waals surface area (Å²) in [5.74, 6) is 0.254. The topological polar surface area (TPSA) is 20.3 Å². The van der Waals surface area contributed by atoms with Gasteiger partial charge in [-0.3, -0.25) is 9.69 Å². The van der Waals surface area contributed by atoms with E-state index < -0.39 is 0 Å². The molecule has 0 saturated heterocycles. The first-order chi connectivity index (χ1) is 9.24. The minimum atomic E-state index is 0.254. The lowest BCUT2D eigenvalue weighted by atomic mass is 10.1. The number of nitrogens with zero attached hydrogens (tertiary/aromatic N) is 1. The molecule has 19 heavy (non-hydrogen) atoms. The van der Waals surface area contributed by atoms with Crippen LogP contribution in [-0.2, 0) is 17.8 Å². The Morgan fingerprint density at radius 1 is 0.895 bits per heavy atom. The van der Waals surface area contributed by atoms with Gasteiger partial charge in [-0.2, -0.15) is 0 Å². The zero-order chi connectivity index (χ0) is 13.5. The monoisotopic (exact) mass is 253 g/mol. The van der Waals surface area contributed by atoms with Gasteiger partial charge in [0.05, 0.1) is 6.54 Å². The molecule has 0 atom stereocenters. The molecule has 0 aliphatic carbocycles. The highest BCUT2D eigenvalue weighted by atomic mass is 16.1. The van der Waals surface area contributed by atoms with Crippen LogP contribution in [0, 0.1) is 0 Å². The smallest absolute Gasteiger partial charge is 0.151 e. The van der Waals surface area contributed by atoms with Crippen molar-refractivity contribution in [1.29, 1.82) is 0 Å². The largest absolute Gasteiger partial charge is 0.298 e. The van der Waals surface area contributed by atoms with E-state index in [9.17, 15) is 4.79 Å². The number of rotatable bonds is 6. The fourth-order valence-corrected chi connectivity index (χ4v) is 2.13. The highest BCUT2D eigenvalue weighted by Crippen LogP contribution is 2.04. The number of hydrogen-bond donors (Lipinski definition) is 0. The lowest BCUT2D eigenvalue weighted by Crippen LogP contribution is -2.26. The first-order valence-corrected chi connectivity index (χ1v) is 6.52. The molecule has 0 bridgehead atoms. The van der Waals surface area contributed by atoms with Gasteiger partial charge in [0.25, 0.3) is 0 Å². The molecule has 0 aliphatic heterocycles. The SMILES string of the molecule is CN(CC(=O)Cc1ccccc1)Cc1ccccc1. The standard InChI is InChI=1S/C17H19NO/c1-18(13-16-10-6-3-7-11-16)14-17(19)12-15-8-4-2-5-9-15/h2-11H,12-14H2,1H3. The first kappa shape index (κ1) is 13.5. The normalized spacial score (nSPS) is 10.6. The Morgan fingerprint density at radius 3 is 2.00 bits per heavy atom. The Kier molecular flexibility index (Phi) is 4.87. The molecule has 2 nitrogen and oxygen atoms in total. The molecular weight excluding hydrogens is 234 g/mol. The van der Waals surface area contributed by atoms with Crippen LogP contribution < -0.4 is 0 Å². The zero-order valence-corrected chi connectivity index (χ0v) is 11.3. The predicted molar refractivity (Wildman–Crippen MR) is 77.9 cm³/mol. The molecule has 2 heteroatoms. The summed E-state index contributed by atoms with van der Waals surface area (Å²) < 4.78 is 0. The van der Waals surface area contributed by atoms with Crippen molar-refractivity contribution in [3.63, 3.8) is 0 Å². The summed E-state index contributed by atoms with van der Waals surface area (Å²) in [6.45, 7) is 1.30. The van der Waals surface area contributed by atoms with Crippen LogP contribution in [0.5, 0.6) is 0 Å². The molecule has 0 heterocycles. The van der Waals surface area contributed by atoms with E-state index >= 15 is 0 Å². The van der Waals surface area contributed by atoms with Gasteiger partial charge in [-0.1, -0.05) is 60.7 Å². The number of carbonyl (C=O) groups is 1. The van der Waals surface area contributed by atoms with Crippen LogP contribution in [0.15, 0.2) is 60.7 Å². The third kappa shape index (κ3) is 4.68. The Hall–Kier alpha value is -1.93. The molecule has 0 fully saturated rings. The van der Waals surface area contributed by atoms with Crippen molar-refractivity contribution in [3.8, 4) is 0 Å². The van der Waals surface area contributed by atoms with E-state index in [2.05, 4.69) is 17.0 Å². The van der Waals surface area contributed by atoms with Gasteiger partial charge in [0, 0.05) is 13.0 Å². The number of Topliss-reactive ketones (excluding diaryl/α,β-unsaturated/α-hetero) is 1. The second-order valence-corrected chi connectivity index (χ2v) is 4.86. The Labute approximate surface area is 114 Å². The third-order valence-corrected chi connectivity index (χ3v) is 2.99. The van der Waals surface area contributed by atoms with Crippen LogP contribution in [0.3, 0.4) is 0 Å². The maximum Gasteiger partial charge on any atom is 0.151 e. The predicted octanol–water partition coefficient (Wildman–Crippen LogP) is 2.93. The molecule has 0 N–H and O–H groups in total. The van der Waals surface area contributed by atoms with Crippen LogP contribution in [0.25, 0.3) is 0 Å². The molecule has 0 radical (unpaired) electrons. The second-order valence-electron chi connectivity index (χ2n) is 4.86. The van der Waals surface area contributed by atoms with Gasteiger partial charge < -0.3 is 0 Å². The molecule has 0 unspecified atom stereocenters. The van der Waals surface area contributed by atoms with Gasteiger partial charge in [0.1, 0.15) is 0 Å². The van der Waals surface area contributed by atoms with Crippen molar-refractivity contribution in [3.05, 3.63) is 71.8 Å². The number of carbonyl (C=O) groups excluding carboxylic acids is 1. The lowest BCUT2D eigenvalue weighted by Gasteiger charge is -2.15. The molecule has 2 aromatic rings. The summed E-state index contributed by atoms with van der Waals surface area (Å²) in [5.41, 5.74) is 2.32. The van der Waals surface area contributed by atoms with Gasteiger partial charge >= 0.3 is 0 Å². The average Bonchev–Trinajstić information content (AvgIpc) is 2.40. The van der Waals surface area contributed by atoms with E-state index in [-0.39, 0.29) is 5.78 Å².